The van der Waals surface area contributed by atoms with E-state index in [1.54, 1.807) is 0 Å². The van der Waals surface area contributed by atoms with E-state index >= 15 is 0 Å². The second kappa shape index (κ2) is 7.77. The molecule has 0 atom stereocenters. The molecule has 0 fully saturated rings. The minimum atomic E-state index is -0.909. The van der Waals surface area contributed by atoms with Gasteiger partial charge in [0.15, 0.2) is 0 Å². The molecule has 0 amide bonds. The van der Waals surface area contributed by atoms with E-state index in [9.17, 15) is 4.79 Å². The molecule has 0 spiro atoms. The second-order valence-corrected chi connectivity index (χ2v) is 3.19. The lowest BCUT2D eigenvalue weighted by molar-refractivity contribution is -0.129. The molecular formula is C10H19NO2. The van der Waals surface area contributed by atoms with E-state index in [1.807, 2.05) is 0 Å². The van der Waals surface area contributed by atoms with Gasteiger partial charge >= 0.3 is 5.97 Å². The molecule has 3 nitrogen and oxygen atoms in total. The number of unbranched alkanes of at least 4 members (excludes halogenated alkanes) is 4. The lowest BCUT2D eigenvalue weighted by Crippen LogP contribution is -2.08. The van der Waals surface area contributed by atoms with E-state index in [4.69, 9.17) is 5.11 Å². The van der Waals surface area contributed by atoms with Crippen molar-refractivity contribution in [1.29, 1.82) is 0 Å². The summed E-state index contributed by atoms with van der Waals surface area (Å²) in [6, 6.07) is 0. The Hall–Kier alpha value is -0.860. The number of rotatable bonds is 7. The highest BCUT2D eigenvalue weighted by Gasteiger charge is 1.99. The summed E-state index contributed by atoms with van der Waals surface area (Å²) in [5.41, 5.74) is 0.218. The number of carbonyl (C=O) groups is 1. The largest absolute Gasteiger partial charge is 0.477 e. The summed E-state index contributed by atoms with van der Waals surface area (Å²) in [6.45, 7) is 4.36. The normalized spacial score (nSPS) is 11.7. The first kappa shape index (κ1) is 12.1. The molecule has 0 saturated carbocycles. The number of aliphatic carboxylic acids is 1. The van der Waals surface area contributed by atoms with Crippen molar-refractivity contribution in [3.63, 3.8) is 0 Å². The Kier molecular flexibility index (Phi) is 7.26. The van der Waals surface area contributed by atoms with Crippen molar-refractivity contribution in [2.45, 2.75) is 46.0 Å². The van der Waals surface area contributed by atoms with Crippen LogP contribution in [0.4, 0.5) is 0 Å². The van der Waals surface area contributed by atoms with Crippen LogP contribution < -0.4 is 0 Å². The molecular weight excluding hydrogens is 166 g/mol. The van der Waals surface area contributed by atoms with E-state index in [2.05, 4.69) is 11.9 Å². The Morgan fingerprint density at radius 1 is 1.23 bits per heavy atom. The Morgan fingerprint density at radius 2 is 1.85 bits per heavy atom. The zero-order valence-corrected chi connectivity index (χ0v) is 8.55. The van der Waals surface area contributed by atoms with E-state index in [0.717, 1.165) is 12.8 Å². The van der Waals surface area contributed by atoms with Gasteiger partial charge in [-0.25, -0.2) is 4.79 Å². The Bertz CT molecular complexity index is 176. The number of hydrogen-bond donors (Lipinski definition) is 1. The highest BCUT2D eigenvalue weighted by atomic mass is 16.4. The molecule has 1 N–H and O–H groups in total. The molecule has 0 aromatic rings. The molecule has 0 bridgehead atoms. The molecule has 0 saturated heterocycles. The van der Waals surface area contributed by atoms with Crippen LogP contribution in [0, 0.1) is 0 Å². The fourth-order valence-electron chi connectivity index (χ4n) is 1.03. The lowest BCUT2D eigenvalue weighted by atomic mass is 10.1. The van der Waals surface area contributed by atoms with Crippen LogP contribution in [0.1, 0.15) is 46.0 Å². The molecule has 0 unspecified atom stereocenters. The Morgan fingerprint density at radius 3 is 2.38 bits per heavy atom. The van der Waals surface area contributed by atoms with Crippen molar-refractivity contribution >= 4 is 11.7 Å². The van der Waals surface area contributed by atoms with Crippen LogP contribution in [0.2, 0.25) is 0 Å². The zero-order chi connectivity index (χ0) is 10.1. The number of aliphatic imine (C=N–C) groups is 1. The van der Waals surface area contributed by atoms with Crippen molar-refractivity contribution in [1.82, 2.24) is 0 Å². The Labute approximate surface area is 79.9 Å². The minimum Gasteiger partial charge on any atom is -0.477 e. The molecule has 0 aliphatic heterocycles. The summed E-state index contributed by atoms with van der Waals surface area (Å²) >= 11 is 0. The lowest BCUT2D eigenvalue weighted by Gasteiger charge is -1.97. The zero-order valence-electron chi connectivity index (χ0n) is 8.55. The van der Waals surface area contributed by atoms with E-state index in [-0.39, 0.29) is 5.71 Å². The van der Waals surface area contributed by atoms with Gasteiger partial charge in [0.1, 0.15) is 5.71 Å². The van der Waals surface area contributed by atoms with Crippen LogP contribution in [-0.2, 0) is 4.79 Å². The maximum Gasteiger partial charge on any atom is 0.349 e. The van der Waals surface area contributed by atoms with Gasteiger partial charge in [-0.15, -0.1) is 0 Å². The molecule has 0 aliphatic rings. The molecule has 76 valence electrons. The molecule has 3 heteroatoms. The molecule has 0 rings (SSSR count). The highest BCUT2D eigenvalue weighted by Crippen LogP contribution is 2.02. The SMILES string of the molecule is CCCCCCCN=C(C)C(=O)O. The van der Waals surface area contributed by atoms with Crippen molar-refractivity contribution in [3.05, 3.63) is 0 Å². The number of carboxylic acids is 1. The fraction of sp³-hybridized carbons (Fsp3) is 0.800. The average Bonchev–Trinajstić information content (AvgIpc) is 2.10. The quantitative estimate of drug-likeness (QED) is 0.489. The summed E-state index contributed by atoms with van der Waals surface area (Å²) in [6.07, 6.45) is 5.89. The van der Waals surface area contributed by atoms with Gasteiger partial charge in [0.25, 0.3) is 0 Å². The van der Waals surface area contributed by atoms with Gasteiger partial charge in [0.2, 0.25) is 0 Å². The summed E-state index contributed by atoms with van der Waals surface area (Å²) in [5, 5.41) is 8.49. The van der Waals surface area contributed by atoms with Crippen LogP contribution >= 0.6 is 0 Å². The minimum absolute atomic E-state index is 0.218. The monoisotopic (exact) mass is 185 g/mol. The van der Waals surface area contributed by atoms with Gasteiger partial charge in [0, 0.05) is 6.54 Å². The predicted octanol–water partition coefficient (Wildman–Crippen LogP) is 2.50. The smallest absolute Gasteiger partial charge is 0.349 e. The summed E-state index contributed by atoms with van der Waals surface area (Å²) < 4.78 is 0. The van der Waals surface area contributed by atoms with Crippen molar-refractivity contribution in [2.24, 2.45) is 4.99 Å². The third-order valence-corrected chi connectivity index (χ3v) is 1.92. The standard InChI is InChI=1S/C10H19NO2/c1-3-4-5-6-7-8-11-9(2)10(12)13/h3-8H2,1-2H3,(H,12,13). The van der Waals surface area contributed by atoms with Gasteiger partial charge in [-0.1, -0.05) is 32.6 Å². The number of carboxylic acid groups (broad SMARTS) is 1. The summed E-state index contributed by atoms with van der Waals surface area (Å²) in [5.74, 6) is -0.909. The van der Waals surface area contributed by atoms with Crippen molar-refractivity contribution in [2.75, 3.05) is 6.54 Å². The van der Waals surface area contributed by atoms with Gasteiger partial charge < -0.3 is 5.11 Å². The summed E-state index contributed by atoms with van der Waals surface area (Å²) in [4.78, 5) is 14.3. The number of hydrogen-bond acceptors (Lipinski definition) is 2. The first-order chi connectivity index (χ1) is 6.18. The van der Waals surface area contributed by atoms with Crippen LogP contribution in [0.25, 0.3) is 0 Å². The number of nitrogens with zero attached hydrogens (tertiary/aromatic N) is 1. The fourth-order valence-corrected chi connectivity index (χ4v) is 1.03. The van der Waals surface area contributed by atoms with Gasteiger partial charge in [0.05, 0.1) is 0 Å². The molecule has 13 heavy (non-hydrogen) atoms. The van der Waals surface area contributed by atoms with Crippen LogP contribution in [-0.4, -0.2) is 23.3 Å². The third-order valence-electron chi connectivity index (χ3n) is 1.92. The van der Waals surface area contributed by atoms with Gasteiger partial charge in [-0.05, 0) is 13.3 Å². The van der Waals surface area contributed by atoms with E-state index in [0.29, 0.717) is 6.54 Å². The van der Waals surface area contributed by atoms with E-state index < -0.39 is 5.97 Å². The average molecular weight is 185 g/mol. The van der Waals surface area contributed by atoms with Crippen molar-refractivity contribution < 1.29 is 9.90 Å². The van der Waals surface area contributed by atoms with Gasteiger partial charge in [-0.2, -0.15) is 0 Å². The Balaban J connectivity index is 3.34. The van der Waals surface area contributed by atoms with E-state index in [1.165, 1.54) is 26.2 Å². The molecule has 0 radical (unpaired) electrons. The maximum atomic E-state index is 10.3. The summed E-state index contributed by atoms with van der Waals surface area (Å²) in [7, 11) is 0. The molecule has 0 aromatic heterocycles. The second-order valence-electron chi connectivity index (χ2n) is 3.19. The predicted molar refractivity (Wildman–Crippen MR) is 54.4 cm³/mol. The molecule has 0 aliphatic carbocycles. The third kappa shape index (κ3) is 7.50. The highest BCUT2D eigenvalue weighted by molar-refractivity contribution is 6.34. The van der Waals surface area contributed by atoms with Crippen LogP contribution in [0.5, 0.6) is 0 Å². The van der Waals surface area contributed by atoms with Gasteiger partial charge in [-0.3, -0.25) is 4.99 Å². The molecule has 0 heterocycles. The van der Waals surface area contributed by atoms with Crippen LogP contribution in [0.15, 0.2) is 4.99 Å². The maximum absolute atomic E-state index is 10.3. The first-order valence-electron chi connectivity index (χ1n) is 4.92. The topological polar surface area (TPSA) is 49.7 Å². The molecule has 0 aromatic carbocycles. The van der Waals surface area contributed by atoms with Crippen LogP contribution in [0.3, 0.4) is 0 Å². The first-order valence-corrected chi connectivity index (χ1v) is 4.92. The van der Waals surface area contributed by atoms with Crippen molar-refractivity contribution in [3.8, 4) is 0 Å².